The minimum atomic E-state index is -0.239. The largest absolute Gasteiger partial charge is 0.324 e. The lowest BCUT2D eigenvalue weighted by Crippen LogP contribution is -2.33. The smallest absolute Gasteiger partial charge is 0.238 e. The number of fused-ring (bicyclic) bond motifs is 2. The summed E-state index contributed by atoms with van der Waals surface area (Å²) in [6.07, 6.45) is 0. The molecule has 4 rings (SSSR count). The Morgan fingerprint density at radius 2 is 1.66 bits per heavy atom. The number of hydrogen-bond donors (Lipinski definition) is 1. The second-order valence-corrected chi connectivity index (χ2v) is 7.90. The van der Waals surface area contributed by atoms with E-state index in [0.29, 0.717) is 28.9 Å². The Labute approximate surface area is 173 Å². The van der Waals surface area contributed by atoms with Gasteiger partial charge in [-0.3, -0.25) is 19.3 Å². The summed E-state index contributed by atoms with van der Waals surface area (Å²) in [5.41, 5.74) is 1.76. The van der Waals surface area contributed by atoms with E-state index in [0.717, 1.165) is 6.54 Å². The molecular formula is C23H20N2O3S. The molecule has 146 valence electrons. The van der Waals surface area contributed by atoms with Crippen molar-refractivity contribution in [2.45, 2.75) is 13.5 Å². The number of nitrogens with zero attached hydrogens (tertiary/aromatic N) is 1. The first-order chi connectivity index (χ1) is 14.1. The van der Waals surface area contributed by atoms with Gasteiger partial charge in [-0.15, -0.1) is 11.3 Å². The van der Waals surface area contributed by atoms with Gasteiger partial charge in [0.15, 0.2) is 11.6 Å². The van der Waals surface area contributed by atoms with Crippen LogP contribution in [0.25, 0.3) is 0 Å². The highest BCUT2D eigenvalue weighted by molar-refractivity contribution is 7.09. The third-order valence-corrected chi connectivity index (χ3v) is 5.86. The third kappa shape index (κ3) is 3.77. The van der Waals surface area contributed by atoms with Gasteiger partial charge in [0.2, 0.25) is 5.91 Å². The molecule has 3 aromatic rings. The van der Waals surface area contributed by atoms with Gasteiger partial charge in [-0.25, -0.2) is 0 Å². The van der Waals surface area contributed by atoms with E-state index in [1.165, 1.54) is 4.88 Å². The number of carbonyl (C=O) groups is 3. The van der Waals surface area contributed by atoms with Crippen molar-refractivity contribution in [2.75, 3.05) is 18.4 Å². The number of ketones is 2. The zero-order valence-electron chi connectivity index (χ0n) is 16.0. The summed E-state index contributed by atoms with van der Waals surface area (Å²) in [7, 11) is 0. The highest BCUT2D eigenvalue weighted by Crippen LogP contribution is 2.31. The molecule has 1 aromatic heterocycles. The second kappa shape index (κ2) is 8.11. The van der Waals surface area contributed by atoms with Gasteiger partial charge in [0, 0.05) is 28.1 Å². The molecule has 6 heteroatoms. The van der Waals surface area contributed by atoms with Crippen LogP contribution in [-0.4, -0.2) is 35.5 Å². The molecule has 2 aromatic carbocycles. The summed E-state index contributed by atoms with van der Waals surface area (Å²) < 4.78 is 0. The van der Waals surface area contributed by atoms with Gasteiger partial charge in [0.05, 0.1) is 17.8 Å². The van der Waals surface area contributed by atoms with E-state index >= 15 is 0 Å². The lowest BCUT2D eigenvalue weighted by atomic mass is 9.83. The number of carbonyl (C=O) groups excluding carboxylic acids is 3. The van der Waals surface area contributed by atoms with Gasteiger partial charge in [0.25, 0.3) is 0 Å². The standard InChI is InChI=1S/C23H20N2O3S/c1-2-25(13-15-7-6-12-29-15)14-20(26)24-19-11-5-10-18-21(19)23(28)17-9-4-3-8-16(17)22(18)27/h3-12H,2,13-14H2,1H3,(H,24,26). The van der Waals surface area contributed by atoms with Crippen molar-refractivity contribution >= 4 is 34.5 Å². The Kier molecular flexibility index (Phi) is 5.38. The molecule has 5 nitrogen and oxygen atoms in total. The van der Waals surface area contributed by atoms with E-state index in [-0.39, 0.29) is 29.6 Å². The normalized spacial score (nSPS) is 12.6. The molecular weight excluding hydrogens is 384 g/mol. The van der Waals surface area contributed by atoms with Crippen molar-refractivity contribution < 1.29 is 14.4 Å². The van der Waals surface area contributed by atoms with Crippen LogP contribution < -0.4 is 5.32 Å². The summed E-state index contributed by atoms with van der Waals surface area (Å²) >= 11 is 1.65. The second-order valence-electron chi connectivity index (χ2n) is 6.86. The van der Waals surface area contributed by atoms with Crippen LogP contribution in [0, 0.1) is 0 Å². The molecule has 29 heavy (non-hydrogen) atoms. The summed E-state index contributed by atoms with van der Waals surface area (Å²) in [6.45, 7) is 3.63. The summed E-state index contributed by atoms with van der Waals surface area (Å²) in [6, 6.07) is 15.8. The van der Waals surface area contributed by atoms with Gasteiger partial charge in [-0.2, -0.15) is 0 Å². The van der Waals surface area contributed by atoms with Crippen molar-refractivity contribution in [3.63, 3.8) is 0 Å². The Bertz CT molecular complexity index is 1090. The predicted octanol–water partition coefficient (Wildman–Crippen LogP) is 3.98. The molecule has 1 aliphatic rings. The maximum atomic E-state index is 13.0. The Morgan fingerprint density at radius 1 is 0.931 bits per heavy atom. The topological polar surface area (TPSA) is 66.5 Å². The highest BCUT2D eigenvalue weighted by Gasteiger charge is 2.31. The number of hydrogen-bond acceptors (Lipinski definition) is 5. The fourth-order valence-electron chi connectivity index (χ4n) is 3.54. The monoisotopic (exact) mass is 404 g/mol. The molecule has 1 aliphatic carbocycles. The van der Waals surface area contributed by atoms with Crippen molar-refractivity contribution in [3.8, 4) is 0 Å². The number of anilines is 1. The molecule has 0 saturated heterocycles. The zero-order valence-corrected chi connectivity index (χ0v) is 16.8. The number of likely N-dealkylation sites (N-methyl/N-ethyl adjacent to an activating group) is 1. The number of nitrogens with one attached hydrogen (secondary N) is 1. The van der Waals surface area contributed by atoms with E-state index in [2.05, 4.69) is 5.32 Å². The molecule has 1 amide bonds. The summed E-state index contributed by atoms with van der Waals surface area (Å²) in [4.78, 5) is 41.8. The molecule has 0 radical (unpaired) electrons. The molecule has 0 aliphatic heterocycles. The molecule has 0 fully saturated rings. The number of thiophene rings is 1. The van der Waals surface area contributed by atoms with E-state index in [4.69, 9.17) is 0 Å². The van der Waals surface area contributed by atoms with E-state index in [1.807, 2.05) is 29.3 Å². The number of amides is 1. The van der Waals surface area contributed by atoms with Gasteiger partial charge < -0.3 is 5.32 Å². The maximum Gasteiger partial charge on any atom is 0.238 e. The quantitative estimate of drug-likeness (QED) is 0.528. The van der Waals surface area contributed by atoms with Gasteiger partial charge in [-0.1, -0.05) is 49.4 Å². The van der Waals surface area contributed by atoms with E-state index < -0.39 is 0 Å². The lowest BCUT2D eigenvalue weighted by Gasteiger charge is -2.22. The van der Waals surface area contributed by atoms with Crippen molar-refractivity contribution in [1.29, 1.82) is 0 Å². The van der Waals surface area contributed by atoms with Crippen LogP contribution in [0.3, 0.4) is 0 Å². The van der Waals surface area contributed by atoms with Crippen LogP contribution in [0.15, 0.2) is 60.0 Å². The molecule has 0 bridgehead atoms. The first-order valence-corrected chi connectivity index (χ1v) is 10.3. The summed E-state index contributed by atoms with van der Waals surface area (Å²) in [5, 5.41) is 4.86. The average molecular weight is 404 g/mol. The summed E-state index contributed by atoms with van der Waals surface area (Å²) in [5.74, 6) is -0.646. The Balaban J connectivity index is 1.56. The fraction of sp³-hybridized carbons (Fsp3) is 0.174. The minimum absolute atomic E-state index is 0.195. The highest BCUT2D eigenvalue weighted by atomic mass is 32.1. The van der Waals surface area contributed by atoms with Crippen LogP contribution in [0.5, 0.6) is 0 Å². The molecule has 0 unspecified atom stereocenters. The van der Waals surface area contributed by atoms with Crippen molar-refractivity contribution in [3.05, 3.63) is 87.1 Å². The van der Waals surface area contributed by atoms with Crippen LogP contribution >= 0.6 is 11.3 Å². The molecule has 0 saturated carbocycles. The Hall–Kier alpha value is -3.09. The number of rotatable bonds is 6. The maximum absolute atomic E-state index is 13.0. The van der Waals surface area contributed by atoms with Crippen LogP contribution in [-0.2, 0) is 11.3 Å². The van der Waals surface area contributed by atoms with Gasteiger partial charge >= 0.3 is 0 Å². The van der Waals surface area contributed by atoms with Crippen LogP contribution in [0.4, 0.5) is 5.69 Å². The zero-order chi connectivity index (χ0) is 20.4. The first-order valence-electron chi connectivity index (χ1n) is 9.44. The Morgan fingerprint density at radius 3 is 2.34 bits per heavy atom. The van der Waals surface area contributed by atoms with Crippen molar-refractivity contribution in [2.24, 2.45) is 0 Å². The SMILES string of the molecule is CCN(CC(=O)Nc1cccc2c1C(=O)c1ccccc1C2=O)Cc1cccs1. The van der Waals surface area contributed by atoms with Gasteiger partial charge in [-0.05, 0) is 24.1 Å². The molecule has 1 N–H and O–H groups in total. The lowest BCUT2D eigenvalue weighted by molar-refractivity contribution is -0.117. The minimum Gasteiger partial charge on any atom is -0.324 e. The van der Waals surface area contributed by atoms with Crippen molar-refractivity contribution in [1.82, 2.24) is 4.90 Å². The van der Waals surface area contributed by atoms with Gasteiger partial charge in [0.1, 0.15) is 0 Å². The average Bonchev–Trinajstić information content (AvgIpc) is 3.24. The first kappa shape index (κ1) is 19.2. The molecule has 1 heterocycles. The molecule has 0 spiro atoms. The number of benzene rings is 2. The fourth-order valence-corrected chi connectivity index (χ4v) is 4.29. The van der Waals surface area contributed by atoms with E-state index in [1.54, 1.807) is 53.8 Å². The predicted molar refractivity (Wildman–Crippen MR) is 114 cm³/mol. The third-order valence-electron chi connectivity index (χ3n) is 5.00. The molecule has 0 atom stereocenters. The van der Waals surface area contributed by atoms with Crippen LogP contribution in [0.1, 0.15) is 43.6 Å². The van der Waals surface area contributed by atoms with Crippen LogP contribution in [0.2, 0.25) is 0 Å². The van der Waals surface area contributed by atoms with E-state index in [9.17, 15) is 14.4 Å².